The second-order valence-corrected chi connectivity index (χ2v) is 6.80. The molecule has 2 aromatic carbocycles. The smallest absolute Gasteiger partial charge is 0.254 e. The molecule has 6 heteroatoms. The fourth-order valence-corrected chi connectivity index (χ4v) is 3.76. The van der Waals surface area contributed by atoms with Gasteiger partial charge in [0.2, 0.25) is 6.79 Å². The highest BCUT2D eigenvalue weighted by Gasteiger charge is 2.28. The lowest BCUT2D eigenvalue weighted by Gasteiger charge is -2.32. The number of fused-ring (bicyclic) bond motifs is 2. The number of benzene rings is 2. The summed E-state index contributed by atoms with van der Waals surface area (Å²) in [6, 6.07) is 13.4. The van der Waals surface area contributed by atoms with Crippen LogP contribution < -0.4 is 9.47 Å². The van der Waals surface area contributed by atoms with Crippen molar-refractivity contribution >= 4 is 16.9 Å². The first-order valence-corrected chi connectivity index (χ1v) is 8.91. The summed E-state index contributed by atoms with van der Waals surface area (Å²) in [5, 5.41) is 0. The molecule has 1 aromatic heterocycles. The molecular formula is C20H19N3O3. The van der Waals surface area contributed by atoms with Crippen LogP contribution in [0.4, 0.5) is 0 Å². The van der Waals surface area contributed by atoms with E-state index in [4.69, 9.17) is 14.5 Å². The van der Waals surface area contributed by atoms with E-state index in [1.54, 1.807) is 18.2 Å². The standard InChI is InChI=1S/C20H19N3O3/c24-20(13-7-8-17-18(10-13)26-12-25-17)23-9-3-4-14(11-23)19-21-15-5-1-2-6-16(15)22-19/h1-2,5-8,10,14H,3-4,9,11-12H2,(H,21,22)/t14-/m0/s1. The van der Waals surface area contributed by atoms with Gasteiger partial charge in [0.1, 0.15) is 5.82 Å². The Morgan fingerprint density at radius 1 is 1.15 bits per heavy atom. The monoisotopic (exact) mass is 349 g/mol. The molecule has 6 nitrogen and oxygen atoms in total. The topological polar surface area (TPSA) is 67.5 Å². The average molecular weight is 349 g/mol. The Labute approximate surface area is 150 Å². The molecule has 5 rings (SSSR count). The summed E-state index contributed by atoms with van der Waals surface area (Å²) >= 11 is 0. The Hall–Kier alpha value is -3.02. The minimum Gasteiger partial charge on any atom is -0.454 e. The van der Waals surface area contributed by atoms with Gasteiger partial charge in [0.05, 0.1) is 11.0 Å². The van der Waals surface area contributed by atoms with Gasteiger partial charge in [-0.15, -0.1) is 0 Å². The predicted molar refractivity (Wildman–Crippen MR) is 96.5 cm³/mol. The van der Waals surface area contributed by atoms with Crippen LogP contribution in [0.2, 0.25) is 0 Å². The van der Waals surface area contributed by atoms with Crippen molar-refractivity contribution in [2.75, 3.05) is 19.9 Å². The summed E-state index contributed by atoms with van der Waals surface area (Å²) < 4.78 is 10.7. The molecule has 0 saturated carbocycles. The van der Waals surface area contributed by atoms with Crippen molar-refractivity contribution in [3.63, 3.8) is 0 Å². The summed E-state index contributed by atoms with van der Waals surface area (Å²) in [4.78, 5) is 23.0. The number of rotatable bonds is 2. The number of ether oxygens (including phenoxy) is 2. The fraction of sp³-hybridized carbons (Fsp3) is 0.300. The molecule has 0 aliphatic carbocycles. The number of H-pyrrole nitrogens is 1. The minimum absolute atomic E-state index is 0.0316. The van der Waals surface area contributed by atoms with E-state index in [-0.39, 0.29) is 18.6 Å². The lowest BCUT2D eigenvalue weighted by molar-refractivity contribution is 0.0704. The zero-order chi connectivity index (χ0) is 17.5. The molecule has 1 fully saturated rings. The number of amides is 1. The van der Waals surface area contributed by atoms with E-state index < -0.39 is 0 Å². The van der Waals surface area contributed by atoms with Crippen molar-refractivity contribution in [1.82, 2.24) is 14.9 Å². The van der Waals surface area contributed by atoms with E-state index in [2.05, 4.69) is 4.98 Å². The van der Waals surface area contributed by atoms with Crippen molar-refractivity contribution < 1.29 is 14.3 Å². The number of hydrogen-bond acceptors (Lipinski definition) is 4. The first kappa shape index (κ1) is 15.3. The SMILES string of the molecule is O=C(c1ccc2c(c1)OCO2)N1CCC[C@H](c2nc3ccccc3[nH]2)C1. The van der Waals surface area contributed by atoms with Crippen LogP contribution in [-0.2, 0) is 0 Å². The molecular weight excluding hydrogens is 330 g/mol. The summed E-state index contributed by atoms with van der Waals surface area (Å²) in [6.45, 7) is 1.65. The normalized spacial score (nSPS) is 19.1. The molecule has 2 aliphatic heterocycles. The van der Waals surface area contributed by atoms with Crippen molar-refractivity contribution in [2.45, 2.75) is 18.8 Å². The zero-order valence-corrected chi connectivity index (χ0v) is 14.3. The van der Waals surface area contributed by atoms with Crippen LogP contribution in [0.25, 0.3) is 11.0 Å². The van der Waals surface area contributed by atoms with E-state index in [1.807, 2.05) is 29.2 Å². The van der Waals surface area contributed by atoms with E-state index in [0.717, 1.165) is 36.2 Å². The highest BCUT2D eigenvalue weighted by Crippen LogP contribution is 2.34. The molecule has 1 amide bonds. The molecule has 26 heavy (non-hydrogen) atoms. The Balaban J connectivity index is 1.37. The molecule has 0 bridgehead atoms. The second-order valence-electron chi connectivity index (χ2n) is 6.80. The molecule has 1 saturated heterocycles. The molecule has 0 radical (unpaired) electrons. The number of hydrogen-bond donors (Lipinski definition) is 1. The molecule has 1 N–H and O–H groups in total. The van der Waals surface area contributed by atoms with Gasteiger partial charge < -0.3 is 19.4 Å². The Bertz CT molecular complexity index is 948. The fourth-order valence-electron chi connectivity index (χ4n) is 3.76. The molecule has 1 atom stereocenters. The van der Waals surface area contributed by atoms with E-state index in [1.165, 1.54) is 0 Å². The van der Waals surface area contributed by atoms with Crippen molar-refractivity contribution in [3.8, 4) is 11.5 Å². The van der Waals surface area contributed by atoms with E-state index in [0.29, 0.717) is 23.6 Å². The molecule has 132 valence electrons. The minimum atomic E-state index is 0.0316. The van der Waals surface area contributed by atoms with Gasteiger partial charge in [-0.25, -0.2) is 4.98 Å². The number of carbonyl (C=O) groups is 1. The van der Waals surface area contributed by atoms with Gasteiger partial charge in [-0.3, -0.25) is 4.79 Å². The number of carbonyl (C=O) groups excluding carboxylic acids is 1. The number of aromatic nitrogens is 2. The average Bonchev–Trinajstić information content (AvgIpc) is 3.33. The van der Waals surface area contributed by atoms with Gasteiger partial charge in [-0.2, -0.15) is 0 Å². The molecule has 3 aromatic rings. The van der Waals surface area contributed by atoms with Crippen molar-refractivity contribution in [1.29, 1.82) is 0 Å². The third-order valence-electron chi connectivity index (χ3n) is 5.12. The Kier molecular flexibility index (Phi) is 3.55. The van der Waals surface area contributed by atoms with Crippen LogP contribution in [-0.4, -0.2) is 40.7 Å². The summed E-state index contributed by atoms with van der Waals surface area (Å²) in [6.07, 6.45) is 2.00. The number of likely N-dealkylation sites (tertiary alicyclic amines) is 1. The molecule has 0 unspecified atom stereocenters. The third-order valence-corrected chi connectivity index (χ3v) is 5.12. The predicted octanol–water partition coefficient (Wildman–Crippen LogP) is 3.31. The van der Waals surface area contributed by atoms with Crippen molar-refractivity contribution in [2.24, 2.45) is 0 Å². The highest BCUT2D eigenvalue weighted by molar-refractivity contribution is 5.95. The zero-order valence-electron chi connectivity index (χ0n) is 14.3. The maximum absolute atomic E-state index is 12.9. The molecule has 2 aliphatic rings. The van der Waals surface area contributed by atoms with Gasteiger partial charge >= 0.3 is 0 Å². The van der Waals surface area contributed by atoms with Crippen molar-refractivity contribution in [3.05, 3.63) is 53.9 Å². The largest absolute Gasteiger partial charge is 0.454 e. The van der Waals surface area contributed by atoms with E-state index in [9.17, 15) is 4.79 Å². The number of nitrogens with one attached hydrogen (secondary N) is 1. The van der Waals surface area contributed by atoms with Crippen LogP contribution in [0.5, 0.6) is 11.5 Å². The number of para-hydroxylation sites is 2. The summed E-state index contributed by atoms with van der Waals surface area (Å²) in [7, 11) is 0. The number of aromatic amines is 1. The Morgan fingerprint density at radius 3 is 2.96 bits per heavy atom. The van der Waals surface area contributed by atoms with Gasteiger partial charge in [-0.05, 0) is 43.2 Å². The number of piperidine rings is 1. The van der Waals surface area contributed by atoms with Gasteiger partial charge in [-0.1, -0.05) is 12.1 Å². The third kappa shape index (κ3) is 2.58. The van der Waals surface area contributed by atoms with E-state index >= 15 is 0 Å². The number of nitrogens with zero attached hydrogens (tertiary/aromatic N) is 2. The second kappa shape index (κ2) is 6.05. The van der Waals surface area contributed by atoms with Crippen LogP contribution in [0, 0.1) is 0 Å². The molecule has 3 heterocycles. The molecule has 0 spiro atoms. The first-order valence-electron chi connectivity index (χ1n) is 8.91. The Morgan fingerprint density at radius 2 is 2.04 bits per heavy atom. The maximum Gasteiger partial charge on any atom is 0.254 e. The van der Waals surface area contributed by atoms with Crippen LogP contribution in [0.15, 0.2) is 42.5 Å². The van der Waals surface area contributed by atoms with Crippen LogP contribution in [0.3, 0.4) is 0 Å². The van der Waals surface area contributed by atoms with Gasteiger partial charge in [0.25, 0.3) is 5.91 Å². The van der Waals surface area contributed by atoms with Gasteiger partial charge in [0.15, 0.2) is 11.5 Å². The first-order chi connectivity index (χ1) is 12.8. The van der Waals surface area contributed by atoms with Crippen LogP contribution >= 0.6 is 0 Å². The maximum atomic E-state index is 12.9. The lowest BCUT2D eigenvalue weighted by Crippen LogP contribution is -2.39. The van der Waals surface area contributed by atoms with Gasteiger partial charge in [0, 0.05) is 24.6 Å². The van der Waals surface area contributed by atoms with Crippen LogP contribution in [0.1, 0.15) is 34.9 Å². The summed E-state index contributed by atoms with van der Waals surface area (Å²) in [5.74, 6) is 2.56. The summed E-state index contributed by atoms with van der Waals surface area (Å²) in [5.41, 5.74) is 2.66. The quantitative estimate of drug-likeness (QED) is 0.771. The highest BCUT2D eigenvalue weighted by atomic mass is 16.7. The number of imidazole rings is 1. The lowest BCUT2D eigenvalue weighted by atomic mass is 9.96.